The number of hydrogen-bond donors (Lipinski definition) is 2. The van der Waals surface area contributed by atoms with E-state index in [1.165, 1.54) is 16.2 Å². The third-order valence-corrected chi connectivity index (χ3v) is 3.26. The number of nitrogen functional groups attached to an aromatic ring is 1. The Balaban J connectivity index is 2.49. The summed E-state index contributed by atoms with van der Waals surface area (Å²) in [5.41, 5.74) is 12.4. The number of amides is 2. The van der Waals surface area contributed by atoms with Crippen molar-refractivity contribution in [3.05, 3.63) is 18.2 Å². The number of urea groups is 1. The highest BCUT2D eigenvalue weighted by Gasteiger charge is 2.14. The topological polar surface area (TPSA) is 85.2 Å². The molecule has 6 heteroatoms. The standard InChI is InChI=1S/C10H12N4OS/c1-2-14(9(12)15)10-13-7-4-3-6(11)5-8(7)16-10/h3-5H,2,11H2,1H3,(H2,12,15). The van der Waals surface area contributed by atoms with Crippen LogP contribution in [0.4, 0.5) is 15.6 Å². The van der Waals surface area contributed by atoms with Crippen molar-refractivity contribution in [2.75, 3.05) is 17.2 Å². The zero-order valence-corrected chi connectivity index (χ0v) is 9.62. The molecule has 0 radical (unpaired) electrons. The van der Waals surface area contributed by atoms with Crippen molar-refractivity contribution in [2.24, 2.45) is 5.73 Å². The Morgan fingerprint density at radius 3 is 2.94 bits per heavy atom. The molecule has 0 aliphatic rings. The fourth-order valence-electron chi connectivity index (χ4n) is 1.43. The van der Waals surface area contributed by atoms with Gasteiger partial charge in [-0.05, 0) is 25.1 Å². The van der Waals surface area contributed by atoms with Crippen molar-refractivity contribution >= 4 is 38.4 Å². The Hall–Kier alpha value is -1.82. The number of nitrogens with two attached hydrogens (primary N) is 2. The first-order valence-electron chi connectivity index (χ1n) is 4.85. The maximum absolute atomic E-state index is 11.2. The van der Waals surface area contributed by atoms with Crippen LogP contribution < -0.4 is 16.4 Å². The van der Waals surface area contributed by atoms with Gasteiger partial charge in [-0.3, -0.25) is 4.90 Å². The van der Waals surface area contributed by atoms with Crippen LogP contribution in [0.3, 0.4) is 0 Å². The SMILES string of the molecule is CCN(C(N)=O)c1nc2ccc(N)cc2s1. The van der Waals surface area contributed by atoms with Crippen molar-refractivity contribution < 1.29 is 4.79 Å². The number of nitrogens with zero attached hydrogens (tertiary/aromatic N) is 2. The summed E-state index contributed by atoms with van der Waals surface area (Å²) in [5.74, 6) is 0. The maximum Gasteiger partial charge on any atom is 0.321 e. The van der Waals surface area contributed by atoms with Crippen molar-refractivity contribution in [3.63, 3.8) is 0 Å². The van der Waals surface area contributed by atoms with E-state index in [9.17, 15) is 4.79 Å². The number of fused-ring (bicyclic) bond motifs is 1. The lowest BCUT2D eigenvalue weighted by atomic mass is 10.3. The molecule has 2 rings (SSSR count). The maximum atomic E-state index is 11.2. The Labute approximate surface area is 96.7 Å². The first-order valence-corrected chi connectivity index (χ1v) is 5.66. The van der Waals surface area contributed by atoms with E-state index in [0.717, 1.165) is 10.2 Å². The molecule has 5 nitrogen and oxygen atoms in total. The molecule has 2 aromatic rings. The summed E-state index contributed by atoms with van der Waals surface area (Å²) in [5, 5.41) is 0.607. The first-order chi connectivity index (χ1) is 7.61. The van der Waals surface area contributed by atoms with Crippen LogP contribution in [0.25, 0.3) is 10.2 Å². The molecule has 0 aliphatic carbocycles. The van der Waals surface area contributed by atoms with Gasteiger partial charge in [-0.1, -0.05) is 11.3 Å². The van der Waals surface area contributed by atoms with E-state index >= 15 is 0 Å². The summed E-state index contributed by atoms with van der Waals surface area (Å²) in [7, 11) is 0. The number of hydrogen-bond acceptors (Lipinski definition) is 4. The minimum Gasteiger partial charge on any atom is -0.399 e. The van der Waals surface area contributed by atoms with Gasteiger partial charge in [0.1, 0.15) is 0 Å². The summed E-state index contributed by atoms with van der Waals surface area (Å²) in [4.78, 5) is 16.9. The van der Waals surface area contributed by atoms with Gasteiger partial charge in [0.05, 0.1) is 10.2 Å². The Morgan fingerprint density at radius 1 is 1.56 bits per heavy atom. The van der Waals surface area contributed by atoms with Gasteiger partial charge < -0.3 is 11.5 Å². The van der Waals surface area contributed by atoms with Crippen LogP contribution in [-0.4, -0.2) is 17.6 Å². The van der Waals surface area contributed by atoms with Crippen molar-refractivity contribution in [1.29, 1.82) is 0 Å². The predicted octanol–water partition coefficient (Wildman–Crippen LogP) is 1.78. The minimum atomic E-state index is -0.491. The van der Waals surface area contributed by atoms with Crippen LogP contribution in [-0.2, 0) is 0 Å². The van der Waals surface area contributed by atoms with Crippen molar-refractivity contribution in [2.45, 2.75) is 6.92 Å². The number of thiazole rings is 1. The number of carbonyl (C=O) groups excluding carboxylic acids is 1. The summed E-state index contributed by atoms with van der Waals surface area (Å²) in [6.45, 7) is 2.36. The molecule has 0 spiro atoms. The second-order valence-electron chi connectivity index (χ2n) is 3.31. The van der Waals surface area contributed by atoms with E-state index in [1.54, 1.807) is 6.07 Å². The molecule has 84 valence electrons. The number of carbonyl (C=O) groups is 1. The fourth-order valence-corrected chi connectivity index (χ4v) is 2.51. The normalized spacial score (nSPS) is 10.6. The molecule has 16 heavy (non-hydrogen) atoms. The summed E-state index contributed by atoms with van der Waals surface area (Å²) >= 11 is 1.41. The van der Waals surface area contributed by atoms with E-state index in [-0.39, 0.29) is 0 Å². The monoisotopic (exact) mass is 236 g/mol. The van der Waals surface area contributed by atoms with Crippen LogP contribution >= 0.6 is 11.3 Å². The van der Waals surface area contributed by atoms with Crippen LogP contribution in [0.2, 0.25) is 0 Å². The molecule has 0 saturated carbocycles. The molecule has 0 aliphatic heterocycles. The largest absolute Gasteiger partial charge is 0.399 e. The molecule has 0 bridgehead atoms. The van der Waals surface area contributed by atoms with E-state index in [1.807, 2.05) is 19.1 Å². The minimum absolute atomic E-state index is 0.491. The average molecular weight is 236 g/mol. The predicted molar refractivity (Wildman–Crippen MR) is 66.6 cm³/mol. The van der Waals surface area contributed by atoms with Gasteiger partial charge in [0.25, 0.3) is 0 Å². The summed E-state index contributed by atoms with van der Waals surface area (Å²) in [6.07, 6.45) is 0. The van der Waals surface area contributed by atoms with Gasteiger partial charge in [0.2, 0.25) is 0 Å². The molecule has 1 heterocycles. The number of benzene rings is 1. The molecule has 0 atom stereocenters. The first kappa shape index (κ1) is 10.7. The highest BCUT2D eigenvalue weighted by Crippen LogP contribution is 2.29. The molecular formula is C10H12N4OS. The van der Waals surface area contributed by atoms with Crippen LogP contribution in [0, 0.1) is 0 Å². The van der Waals surface area contributed by atoms with Gasteiger partial charge in [-0.2, -0.15) is 0 Å². The van der Waals surface area contributed by atoms with E-state index in [4.69, 9.17) is 11.5 Å². The zero-order valence-electron chi connectivity index (χ0n) is 8.80. The Kier molecular flexibility index (Phi) is 2.66. The molecule has 0 fully saturated rings. The molecular weight excluding hydrogens is 224 g/mol. The number of aromatic nitrogens is 1. The van der Waals surface area contributed by atoms with E-state index < -0.39 is 6.03 Å². The zero-order chi connectivity index (χ0) is 11.7. The molecule has 0 unspecified atom stereocenters. The van der Waals surface area contributed by atoms with Gasteiger partial charge >= 0.3 is 6.03 Å². The van der Waals surface area contributed by atoms with Gasteiger partial charge in [-0.25, -0.2) is 9.78 Å². The van der Waals surface area contributed by atoms with Crippen LogP contribution in [0.5, 0.6) is 0 Å². The molecule has 2 amide bonds. The second-order valence-corrected chi connectivity index (χ2v) is 4.32. The second kappa shape index (κ2) is 3.97. The summed E-state index contributed by atoms with van der Waals surface area (Å²) < 4.78 is 0.953. The Bertz CT molecular complexity index is 537. The van der Waals surface area contributed by atoms with Gasteiger partial charge in [0.15, 0.2) is 5.13 Å². The van der Waals surface area contributed by atoms with E-state index in [2.05, 4.69) is 4.98 Å². The lowest BCUT2D eigenvalue weighted by molar-refractivity contribution is 0.254. The van der Waals surface area contributed by atoms with Gasteiger partial charge in [-0.15, -0.1) is 0 Å². The van der Waals surface area contributed by atoms with Gasteiger partial charge in [0, 0.05) is 12.2 Å². The number of anilines is 2. The van der Waals surface area contributed by atoms with Crippen LogP contribution in [0.15, 0.2) is 18.2 Å². The fraction of sp³-hybridized carbons (Fsp3) is 0.200. The molecule has 4 N–H and O–H groups in total. The van der Waals surface area contributed by atoms with Crippen molar-refractivity contribution in [3.8, 4) is 0 Å². The highest BCUT2D eigenvalue weighted by atomic mass is 32.1. The molecule has 1 aromatic carbocycles. The third-order valence-electron chi connectivity index (χ3n) is 2.21. The average Bonchev–Trinajstić information content (AvgIpc) is 2.60. The summed E-state index contributed by atoms with van der Waals surface area (Å²) in [6, 6.07) is 4.96. The lowest BCUT2D eigenvalue weighted by Crippen LogP contribution is -2.35. The Morgan fingerprint density at radius 2 is 2.31 bits per heavy atom. The van der Waals surface area contributed by atoms with Crippen LogP contribution in [0.1, 0.15) is 6.92 Å². The van der Waals surface area contributed by atoms with E-state index in [0.29, 0.717) is 17.4 Å². The number of primary amides is 1. The smallest absolute Gasteiger partial charge is 0.321 e. The molecule has 1 aromatic heterocycles. The highest BCUT2D eigenvalue weighted by molar-refractivity contribution is 7.22. The molecule has 0 saturated heterocycles. The number of rotatable bonds is 2. The lowest BCUT2D eigenvalue weighted by Gasteiger charge is -2.13. The van der Waals surface area contributed by atoms with Crippen molar-refractivity contribution in [1.82, 2.24) is 4.98 Å². The quantitative estimate of drug-likeness (QED) is 0.779. The third kappa shape index (κ3) is 1.79.